The molecule has 0 saturated carbocycles. The van der Waals surface area contributed by atoms with Gasteiger partial charge >= 0.3 is 0 Å². The van der Waals surface area contributed by atoms with Crippen LogP contribution < -0.4 is 5.32 Å². The van der Waals surface area contributed by atoms with Crippen LogP contribution in [0.5, 0.6) is 0 Å². The molecule has 0 saturated heterocycles. The van der Waals surface area contributed by atoms with Crippen LogP contribution in [0.15, 0.2) is 57.7 Å². The number of furan rings is 1. The number of hydrogen-bond donors (Lipinski definition) is 1. The topological polar surface area (TPSA) is 90.8 Å². The van der Waals surface area contributed by atoms with E-state index in [1.54, 1.807) is 23.1 Å². The summed E-state index contributed by atoms with van der Waals surface area (Å²) in [6.45, 7) is 4.92. The Bertz CT molecular complexity index is 1150. The van der Waals surface area contributed by atoms with E-state index in [1.807, 2.05) is 48.9 Å². The summed E-state index contributed by atoms with van der Waals surface area (Å²) in [5.74, 6) is 0.658. The van der Waals surface area contributed by atoms with E-state index < -0.39 is 5.91 Å². The van der Waals surface area contributed by atoms with E-state index in [4.69, 9.17) is 4.42 Å². The number of halogens is 1. The Morgan fingerprint density at radius 1 is 1.10 bits per heavy atom. The van der Waals surface area contributed by atoms with Crippen LogP contribution in [0.25, 0.3) is 0 Å². The van der Waals surface area contributed by atoms with E-state index in [9.17, 15) is 4.79 Å². The van der Waals surface area contributed by atoms with Crippen LogP contribution in [0.1, 0.15) is 33.3 Å². The standard InChI is InChI=1S/C20H19BrN6O2/c1-13-18(21)14(2)27(24-13)11-16-8-9-17(29-16)19(28)23-20-22-12-26(25-20)10-15-6-4-3-5-7-15/h3-9,12H,10-11H2,1-2H3,(H,23,25,28). The van der Waals surface area contributed by atoms with Crippen LogP contribution in [-0.4, -0.2) is 30.5 Å². The minimum absolute atomic E-state index is 0.194. The summed E-state index contributed by atoms with van der Waals surface area (Å²) in [6, 6.07) is 13.3. The SMILES string of the molecule is Cc1nn(Cc2ccc(C(=O)Nc3ncn(Cc4ccccc4)n3)o2)c(C)c1Br. The predicted molar refractivity (Wildman–Crippen MR) is 111 cm³/mol. The lowest BCUT2D eigenvalue weighted by Crippen LogP contribution is -2.12. The third kappa shape index (κ3) is 4.29. The number of anilines is 1. The molecule has 1 aromatic carbocycles. The Morgan fingerprint density at radius 3 is 2.62 bits per heavy atom. The van der Waals surface area contributed by atoms with Crippen LogP contribution in [0, 0.1) is 13.8 Å². The smallest absolute Gasteiger partial charge is 0.293 e. The number of amides is 1. The Balaban J connectivity index is 1.40. The number of carbonyl (C=O) groups excluding carboxylic acids is 1. The van der Waals surface area contributed by atoms with E-state index in [0.29, 0.717) is 18.8 Å². The average molecular weight is 455 g/mol. The maximum absolute atomic E-state index is 12.4. The van der Waals surface area contributed by atoms with E-state index in [2.05, 4.69) is 36.4 Å². The number of rotatable bonds is 6. The van der Waals surface area contributed by atoms with Crippen molar-refractivity contribution in [2.24, 2.45) is 0 Å². The van der Waals surface area contributed by atoms with Crippen molar-refractivity contribution >= 4 is 27.8 Å². The van der Waals surface area contributed by atoms with Crippen molar-refractivity contribution in [1.82, 2.24) is 24.5 Å². The molecule has 1 N–H and O–H groups in total. The summed E-state index contributed by atoms with van der Waals surface area (Å²) >= 11 is 3.51. The molecule has 3 aromatic heterocycles. The van der Waals surface area contributed by atoms with Crippen LogP contribution in [-0.2, 0) is 13.1 Å². The summed E-state index contributed by atoms with van der Waals surface area (Å²) < 4.78 is 10.1. The maximum atomic E-state index is 12.4. The van der Waals surface area contributed by atoms with Gasteiger partial charge in [-0.1, -0.05) is 30.3 Å². The Kier molecular flexibility index (Phi) is 5.30. The highest BCUT2D eigenvalue weighted by molar-refractivity contribution is 9.10. The van der Waals surface area contributed by atoms with Gasteiger partial charge in [-0.15, -0.1) is 5.10 Å². The molecule has 0 aliphatic carbocycles. The molecular formula is C20H19BrN6O2. The average Bonchev–Trinajstić information content (AvgIpc) is 3.41. The van der Waals surface area contributed by atoms with Crippen molar-refractivity contribution in [2.45, 2.75) is 26.9 Å². The molecule has 0 bridgehead atoms. The number of aromatic nitrogens is 5. The largest absolute Gasteiger partial charge is 0.454 e. The molecule has 0 atom stereocenters. The first-order valence-electron chi connectivity index (χ1n) is 9.02. The molecule has 0 radical (unpaired) electrons. The first-order valence-corrected chi connectivity index (χ1v) is 9.82. The van der Waals surface area contributed by atoms with Gasteiger partial charge < -0.3 is 4.42 Å². The zero-order valence-electron chi connectivity index (χ0n) is 16.0. The Labute approximate surface area is 175 Å². The molecule has 0 spiro atoms. The Hall–Kier alpha value is -3.20. The summed E-state index contributed by atoms with van der Waals surface area (Å²) in [6.07, 6.45) is 1.58. The summed E-state index contributed by atoms with van der Waals surface area (Å²) in [4.78, 5) is 16.6. The summed E-state index contributed by atoms with van der Waals surface area (Å²) in [5.41, 5.74) is 3.00. The molecule has 4 rings (SSSR count). The zero-order chi connectivity index (χ0) is 20.4. The molecule has 1 amide bonds. The number of carbonyl (C=O) groups is 1. The van der Waals surface area contributed by atoms with Crippen molar-refractivity contribution in [3.63, 3.8) is 0 Å². The fourth-order valence-electron chi connectivity index (χ4n) is 2.92. The molecule has 9 heteroatoms. The Morgan fingerprint density at radius 2 is 1.90 bits per heavy atom. The summed E-state index contributed by atoms with van der Waals surface area (Å²) in [5, 5.41) is 11.4. The van der Waals surface area contributed by atoms with Gasteiger partial charge in [-0.25, -0.2) is 9.67 Å². The molecule has 3 heterocycles. The van der Waals surface area contributed by atoms with Crippen molar-refractivity contribution in [3.8, 4) is 0 Å². The highest BCUT2D eigenvalue weighted by Crippen LogP contribution is 2.21. The molecule has 4 aromatic rings. The minimum atomic E-state index is -0.400. The van der Waals surface area contributed by atoms with Crippen LogP contribution in [0.2, 0.25) is 0 Å². The fraction of sp³-hybridized carbons (Fsp3) is 0.200. The number of hydrogen-bond acceptors (Lipinski definition) is 5. The molecule has 0 unspecified atom stereocenters. The second-order valence-corrected chi connectivity index (χ2v) is 7.41. The molecule has 148 valence electrons. The minimum Gasteiger partial charge on any atom is -0.454 e. The van der Waals surface area contributed by atoms with Gasteiger partial charge in [-0.05, 0) is 47.5 Å². The normalized spacial score (nSPS) is 11.0. The van der Waals surface area contributed by atoms with Crippen molar-refractivity contribution in [3.05, 3.63) is 81.7 Å². The van der Waals surface area contributed by atoms with Gasteiger partial charge in [0.05, 0.1) is 29.0 Å². The molecule has 0 aliphatic heterocycles. The molecule has 8 nitrogen and oxygen atoms in total. The van der Waals surface area contributed by atoms with E-state index >= 15 is 0 Å². The number of benzene rings is 1. The second kappa shape index (κ2) is 8.04. The monoisotopic (exact) mass is 454 g/mol. The van der Waals surface area contributed by atoms with Crippen LogP contribution >= 0.6 is 15.9 Å². The lowest BCUT2D eigenvalue weighted by atomic mass is 10.2. The zero-order valence-corrected chi connectivity index (χ0v) is 17.5. The van der Waals surface area contributed by atoms with Crippen LogP contribution in [0.4, 0.5) is 5.95 Å². The van der Waals surface area contributed by atoms with Gasteiger partial charge in [-0.3, -0.25) is 14.8 Å². The van der Waals surface area contributed by atoms with Crippen molar-refractivity contribution in [1.29, 1.82) is 0 Å². The predicted octanol–water partition coefficient (Wildman–Crippen LogP) is 3.80. The molecule has 0 fully saturated rings. The van der Waals surface area contributed by atoms with Gasteiger partial charge in [0.25, 0.3) is 5.91 Å². The quantitative estimate of drug-likeness (QED) is 0.478. The summed E-state index contributed by atoms with van der Waals surface area (Å²) in [7, 11) is 0. The van der Waals surface area contributed by atoms with Crippen LogP contribution in [0.3, 0.4) is 0 Å². The first kappa shape index (κ1) is 19.1. The van der Waals surface area contributed by atoms with Crippen molar-refractivity contribution in [2.75, 3.05) is 5.32 Å². The molecule has 29 heavy (non-hydrogen) atoms. The van der Waals surface area contributed by atoms with E-state index in [0.717, 1.165) is 21.4 Å². The lowest BCUT2D eigenvalue weighted by Gasteiger charge is -2.02. The first-order chi connectivity index (χ1) is 14.0. The number of aryl methyl sites for hydroxylation is 1. The van der Waals surface area contributed by atoms with Gasteiger partial charge in [0.1, 0.15) is 12.1 Å². The lowest BCUT2D eigenvalue weighted by molar-refractivity contribution is 0.0993. The van der Waals surface area contributed by atoms with Gasteiger partial charge in [0.15, 0.2) is 5.76 Å². The van der Waals surface area contributed by atoms with E-state index in [-0.39, 0.29) is 11.7 Å². The number of nitrogens with one attached hydrogen (secondary N) is 1. The van der Waals surface area contributed by atoms with Gasteiger partial charge in [0.2, 0.25) is 5.95 Å². The highest BCUT2D eigenvalue weighted by Gasteiger charge is 2.15. The molecular weight excluding hydrogens is 436 g/mol. The number of nitrogens with zero attached hydrogens (tertiary/aromatic N) is 5. The maximum Gasteiger partial charge on any atom is 0.293 e. The van der Waals surface area contributed by atoms with E-state index in [1.165, 1.54) is 0 Å². The third-order valence-electron chi connectivity index (χ3n) is 4.43. The highest BCUT2D eigenvalue weighted by atomic mass is 79.9. The molecule has 0 aliphatic rings. The fourth-order valence-corrected chi connectivity index (χ4v) is 3.21. The third-order valence-corrected chi connectivity index (χ3v) is 5.58. The van der Waals surface area contributed by atoms with Gasteiger partial charge in [0, 0.05) is 0 Å². The van der Waals surface area contributed by atoms with Crippen molar-refractivity contribution < 1.29 is 9.21 Å². The van der Waals surface area contributed by atoms with Gasteiger partial charge in [-0.2, -0.15) is 5.10 Å². The second-order valence-electron chi connectivity index (χ2n) is 6.61.